The monoisotopic (exact) mass is 229 g/mol. The van der Waals surface area contributed by atoms with Crippen LogP contribution in [0.25, 0.3) is 0 Å². The Morgan fingerprint density at radius 2 is 1.88 bits per heavy atom. The van der Waals surface area contributed by atoms with Crippen molar-refractivity contribution in [1.29, 1.82) is 0 Å². The predicted octanol–water partition coefficient (Wildman–Crippen LogP) is 2.65. The molecule has 0 bridgehead atoms. The zero-order valence-corrected chi connectivity index (χ0v) is 9.59. The molecule has 1 atom stereocenters. The fourth-order valence-electron chi connectivity index (χ4n) is 1.43. The van der Waals surface area contributed by atoms with Crippen molar-refractivity contribution in [2.24, 2.45) is 0 Å². The van der Waals surface area contributed by atoms with Crippen molar-refractivity contribution < 1.29 is 13.5 Å². The Labute approximate surface area is 94.6 Å². The first-order chi connectivity index (χ1) is 7.63. The molecule has 4 heteroatoms. The first kappa shape index (κ1) is 13.1. The molecule has 1 rings (SSSR count). The number of hydrogen-bond donors (Lipinski definition) is 1. The maximum Gasteiger partial charge on any atom is 0.126 e. The van der Waals surface area contributed by atoms with E-state index in [0.717, 1.165) is 6.07 Å². The standard InChI is InChI=1S/C12H17F2NO/c1-3-16-5-4-15-9(2)10-6-11(13)8-12(14)7-10/h6-9,15H,3-5H2,1-2H3. The SMILES string of the molecule is CCOCCNC(C)c1cc(F)cc(F)c1. The van der Waals surface area contributed by atoms with Gasteiger partial charge in [0.25, 0.3) is 0 Å². The van der Waals surface area contributed by atoms with Gasteiger partial charge >= 0.3 is 0 Å². The molecule has 2 nitrogen and oxygen atoms in total. The average molecular weight is 229 g/mol. The molecule has 0 spiro atoms. The Bertz CT molecular complexity index is 311. The smallest absolute Gasteiger partial charge is 0.126 e. The van der Waals surface area contributed by atoms with Gasteiger partial charge < -0.3 is 10.1 Å². The summed E-state index contributed by atoms with van der Waals surface area (Å²) in [6.45, 7) is 5.71. The van der Waals surface area contributed by atoms with Crippen LogP contribution in [0.3, 0.4) is 0 Å². The van der Waals surface area contributed by atoms with Crippen molar-refractivity contribution in [3.8, 4) is 0 Å². The van der Waals surface area contributed by atoms with Crippen molar-refractivity contribution in [2.75, 3.05) is 19.8 Å². The molecule has 0 aromatic heterocycles. The minimum absolute atomic E-state index is 0.0920. The van der Waals surface area contributed by atoms with E-state index >= 15 is 0 Å². The van der Waals surface area contributed by atoms with E-state index in [-0.39, 0.29) is 6.04 Å². The van der Waals surface area contributed by atoms with Gasteiger partial charge in [-0.2, -0.15) is 0 Å². The highest BCUT2D eigenvalue weighted by Crippen LogP contribution is 2.15. The van der Waals surface area contributed by atoms with Crippen LogP contribution in [0, 0.1) is 11.6 Å². The topological polar surface area (TPSA) is 21.3 Å². The van der Waals surface area contributed by atoms with Crippen LogP contribution < -0.4 is 5.32 Å². The Morgan fingerprint density at radius 1 is 1.25 bits per heavy atom. The van der Waals surface area contributed by atoms with Crippen LogP contribution in [0.1, 0.15) is 25.5 Å². The van der Waals surface area contributed by atoms with E-state index in [1.54, 1.807) is 0 Å². The molecule has 0 aliphatic carbocycles. The van der Waals surface area contributed by atoms with Gasteiger partial charge in [0.15, 0.2) is 0 Å². The van der Waals surface area contributed by atoms with E-state index in [1.165, 1.54) is 12.1 Å². The first-order valence-corrected chi connectivity index (χ1v) is 5.40. The summed E-state index contributed by atoms with van der Waals surface area (Å²) < 4.78 is 31.0. The molecule has 90 valence electrons. The van der Waals surface area contributed by atoms with Crippen LogP contribution in [-0.2, 0) is 4.74 Å². The van der Waals surface area contributed by atoms with Gasteiger partial charge in [-0.3, -0.25) is 0 Å². The number of rotatable bonds is 6. The largest absolute Gasteiger partial charge is 0.380 e. The molecule has 0 amide bonds. The zero-order valence-electron chi connectivity index (χ0n) is 9.59. The lowest BCUT2D eigenvalue weighted by Gasteiger charge is -2.14. The second-order valence-corrected chi connectivity index (χ2v) is 3.58. The van der Waals surface area contributed by atoms with Gasteiger partial charge in [-0.1, -0.05) is 0 Å². The third kappa shape index (κ3) is 4.24. The van der Waals surface area contributed by atoms with Crippen LogP contribution >= 0.6 is 0 Å². The molecule has 0 aliphatic heterocycles. The highest BCUT2D eigenvalue weighted by molar-refractivity contribution is 5.20. The Morgan fingerprint density at radius 3 is 2.44 bits per heavy atom. The van der Waals surface area contributed by atoms with Crippen molar-refractivity contribution in [3.05, 3.63) is 35.4 Å². The summed E-state index contributed by atoms with van der Waals surface area (Å²) in [5.41, 5.74) is 0.606. The number of halogens is 2. The third-order valence-electron chi connectivity index (χ3n) is 2.29. The van der Waals surface area contributed by atoms with E-state index in [2.05, 4.69) is 5.32 Å². The fraction of sp³-hybridized carbons (Fsp3) is 0.500. The maximum atomic E-state index is 12.9. The van der Waals surface area contributed by atoms with E-state index < -0.39 is 11.6 Å². The van der Waals surface area contributed by atoms with Gasteiger partial charge in [-0.05, 0) is 31.5 Å². The van der Waals surface area contributed by atoms with E-state index in [1.807, 2.05) is 13.8 Å². The zero-order chi connectivity index (χ0) is 12.0. The molecular formula is C12H17F2NO. The lowest BCUT2D eigenvalue weighted by molar-refractivity contribution is 0.147. The first-order valence-electron chi connectivity index (χ1n) is 5.40. The van der Waals surface area contributed by atoms with Gasteiger partial charge in [0.05, 0.1) is 6.61 Å². The number of benzene rings is 1. The minimum atomic E-state index is -0.548. The Hall–Kier alpha value is -1.00. The Balaban J connectivity index is 2.48. The molecular weight excluding hydrogens is 212 g/mol. The summed E-state index contributed by atoms with van der Waals surface area (Å²) in [6, 6.07) is 3.45. The summed E-state index contributed by atoms with van der Waals surface area (Å²) in [5, 5.41) is 3.13. The molecule has 1 aromatic rings. The van der Waals surface area contributed by atoms with Crippen LogP contribution in [0.5, 0.6) is 0 Å². The summed E-state index contributed by atoms with van der Waals surface area (Å²) in [4.78, 5) is 0. The van der Waals surface area contributed by atoms with Gasteiger partial charge in [0, 0.05) is 25.3 Å². The van der Waals surface area contributed by atoms with Crippen LogP contribution in [0.2, 0.25) is 0 Å². The lowest BCUT2D eigenvalue weighted by Crippen LogP contribution is -2.23. The molecule has 0 saturated heterocycles. The molecule has 0 radical (unpaired) electrons. The molecule has 0 aliphatic rings. The van der Waals surface area contributed by atoms with Crippen molar-refractivity contribution in [2.45, 2.75) is 19.9 Å². The summed E-state index contributed by atoms with van der Waals surface area (Å²) >= 11 is 0. The summed E-state index contributed by atoms with van der Waals surface area (Å²) in [6.07, 6.45) is 0. The molecule has 1 unspecified atom stereocenters. The Kier molecular flexibility index (Phi) is 5.35. The van der Waals surface area contributed by atoms with Gasteiger partial charge in [-0.25, -0.2) is 8.78 Å². The second-order valence-electron chi connectivity index (χ2n) is 3.58. The normalized spacial score (nSPS) is 12.8. The molecule has 0 fully saturated rings. The average Bonchev–Trinajstić information content (AvgIpc) is 2.22. The number of hydrogen-bond acceptors (Lipinski definition) is 2. The van der Waals surface area contributed by atoms with Crippen LogP contribution in [0.4, 0.5) is 8.78 Å². The number of ether oxygens (including phenoxy) is 1. The highest BCUT2D eigenvalue weighted by Gasteiger charge is 2.07. The summed E-state index contributed by atoms with van der Waals surface area (Å²) in [5.74, 6) is -1.10. The van der Waals surface area contributed by atoms with Crippen molar-refractivity contribution in [3.63, 3.8) is 0 Å². The van der Waals surface area contributed by atoms with Crippen molar-refractivity contribution >= 4 is 0 Å². The number of nitrogens with one attached hydrogen (secondary N) is 1. The highest BCUT2D eigenvalue weighted by atomic mass is 19.1. The quantitative estimate of drug-likeness (QED) is 0.757. The predicted molar refractivity (Wildman–Crippen MR) is 59.3 cm³/mol. The van der Waals surface area contributed by atoms with Crippen LogP contribution in [-0.4, -0.2) is 19.8 Å². The van der Waals surface area contributed by atoms with Gasteiger partial charge in [0.1, 0.15) is 11.6 Å². The van der Waals surface area contributed by atoms with E-state index in [9.17, 15) is 8.78 Å². The van der Waals surface area contributed by atoms with E-state index in [4.69, 9.17) is 4.74 Å². The third-order valence-corrected chi connectivity index (χ3v) is 2.29. The maximum absolute atomic E-state index is 12.9. The molecule has 1 aromatic carbocycles. The van der Waals surface area contributed by atoms with Crippen molar-refractivity contribution in [1.82, 2.24) is 5.32 Å². The lowest BCUT2D eigenvalue weighted by atomic mass is 10.1. The molecule has 16 heavy (non-hydrogen) atoms. The second kappa shape index (κ2) is 6.55. The fourth-order valence-corrected chi connectivity index (χ4v) is 1.43. The van der Waals surface area contributed by atoms with E-state index in [0.29, 0.717) is 25.3 Å². The minimum Gasteiger partial charge on any atom is -0.380 e. The molecule has 0 heterocycles. The molecule has 0 saturated carbocycles. The van der Waals surface area contributed by atoms with Gasteiger partial charge in [0.2, 0.25) is 0 Å². The summed E-state index contributed by atoms with van der Waals surface area (Å²) in [7, 11) is 0. The van der Waals surface area contributed by atoms with Gasteiger partial charge in [-0.15, -0.1) is 0 Å². The molecule has 1 N–H and O–H groups in total. The van der Waals surface area contributed by atoms with Crippen LogP contribution in [0.15, 0.2) is 18.2 Å².